The van der Waals surface area contributed by atoms with Crippen molar-refractivity contribution in [2.24, 2.45) is 0 Å². The fourth-order valence-corrected chi connectivity index (χ4v) is 2.40. The van der Waals surface area contributed by atoms with Crippen LogP contribution in [-0.2, 0) is 12.8 Å². The van der Waals surface area contributed by atoms with Crippen molar-refractivity contribution < 1.29 is 14.2 Å². The molecule has 0 spiro atoms. The minimum atomic E-state index is -0.692. The molecule has 0 saturated heterocycles. The molecular formula is C16H15FO2. The third-order valence-electron chi connectivity index (χ3n) is 3.47. The summed E-state index contributed by atoms with van der Waals surface area (Å²) in [5.74, 6) is 0.618. The van der Waals surface area contributed by atoms with E-state index in [0.717, 1.165) is 23.3 Å². The molecule has 0 aliphatic carbocycles. The lowest BCUT2D eigenvalue weighted by molar-refractivity contribution is 0.177. The first-order valence-electron chi connectivity index (χ1n) is 6.41. The van der Waals surface area contributed by atoms with Gasteiger partial charge in [-0.25, -0.2) is 4.39 Å². The number of hydrogen-bond donors (Lipinski definition) is 1. The Morgan fingerprint density at radius 1 is 1.21 bits per heavy atom. The van der Waals surface area contributed by atoms with Gasteiger partial charge in [0, 0.05) is 12.8 Å². The number of rotatable bonds is 3. The van der Waals surface area contributed by atoms with Gasteiger partial charge in [0.05, 0.1) is 12.7 Å². The van der Waals surface area contributed by atoms with Crippen molar-refractivity contribution in [1.29, 1.82) is 0 Å². The average Bonchev–Trinajstić information content (AvgIpc) is 2.88. The first kappa shape index (κ1) is 12.2. The lowest BCUT2D eigenvalue weighted by Gasteiger charge is -2.12. The molecule has 1 heterocycles. The zero-order valence-electron chi connectivity index (χ0n) is 10.5. The van der Waals surface area contributed by atoms with Crippen molar-refractivity contribution in [3.63, 3.8) is 0 Å². The van der Waals surface area contributed by atoms with Gasteiger partial charge in [-0.1, -0.05) is 24.3 Å². The molecule has 2 aromatic carbocycles. The number of benzene rings is 2. The zero-order valence-corrected chi connectivity index (χ0v) is 10.5. The van der Waals surface area contributed by atoms with Crippen molar-refractivity contribution in [3.8, 4) is 5.75 Å². The number of hydrogen-bond acceptors (Lipinski definition) is 2. The van der Waals surface area contributed by atoms with Gasteiger partial charge in [-0.3, -0.25) is 0 Å². The summed E-state index contributed by atoms with van der Waals surface area (Å²) in [6.07, 6.45) is 0.463. The molecule has 2 nitrogen and oxygen atoms in total. The van der Waals surface area contributed by atoms with Gasteiger partial charge in [0.15, 0.2) is 0 Å². The maximum Gasteiger partial charge on any atom is 0.126 e. The minimum Gasteiger partial charge on any atom is -0.493 e. The van der Waals surface area contributed by atoms with Crippen LogP contribution < -0.4 is 4.74 Å². The van der Waals surface area contributed by atoms with Crippen LogP contribution in [-0.4, -0.2) is 11.7 Å². The van der Waals surface area contributed by atoms with Crippen LogP contribution in [0, 0.1) is 5.82 Å². The quantitative estimate of drug-likeness (QED) is 0.917. The van der Waals surface area contributed by atoms with Gasteiger partial charge in [0.25, 0.3) is 0 Å². The highest BCUT2D eigenvalue weighted by Crippen LogP contribution is 2.29. The Morgan fingerprint density at radius 3 is 2.89 bits per heavy atom. The Morgan fingerprint density at radius 2 is 2.05 bits per heavy atom. The van der Waals surface area contributed by atoms with Crippen molar-refractivity contribution in [3.05, 3.63) is 65.0 Å². The number of halogens is 1. The van der Waals surface area contributed by atoms with Gasteiger partial charge in [0.2, 0.25) is 0 Å². The first-order chi connectivity index (χ1) is 9.24. The maximum atomic E-state index is 13.6. The van der Waals surface area contributed by atoms with E-state index in [1.165, 1.54) is 6.07 Å². The summed E-state index contributed by atoms with van der Waals surface area (Å²) in [6, 6.07) is 12.2. The highest BCUT2D eigenvalue weighted by Gasteiger charge is 2.16. The third kappa shape index (κ3) is 2.47. The van der Waals surface area contributed by atoms with Crippen LogP contribution in [0.3, 0.4) is 0 Å². The van der Waals surface area contributed by atoms with Gasteiger partial charge < -0.3 is 9.84 Å². The second-order valence-electron chi connectivity index (χ2n) is 4.78. The normalized spacial score (nSPS) is 14.8. The van der Waals surface area contributed by atoms with Crippen molar-refractivity contribution in [2.75, 3.05) is 6.61 Å². The fraction of sp³-hybridized carbons (Fsp3) is 0.250. The molecule has 0 aromatic heterocycles. The van der Waals surface area contributed by atoms with Crippen LogP contribution in [0.15, 0.2) is 42.5 Å². The van der Waals surface area contributed by atoms with Crippen LogP contribution >= 0.6 is 0 Å². The monoisotopic (exact) mass is 258 g/mol. The molecule has 98 valence electrons. The zero-order chi connectivity index (χ0) is 13.2. The van der Waals surface area contributed by atoms with E-state index >= 15 is 0 Å². The molecule has 1 N–H and O–H groups in total. The largest absolute Gasteiger partial charge is 0.493 e. The Labute approximate surface area is 111 Å². The van der Waals surface area contributed by atoms with Crippen molar-refractivity contribution >= 4 is 0 Å². The molecule has 2 aromatic rings. The average molecular weight is 258 g/mol. The van der Waals surface area contributed by atoms with Crippen LogP contribution in [0.2, 0.25) is 0 Å². The van der Waals surface area contributed by atoms with Crippen LogP contribution in [0.5, 0.6) is 5.75 Å². The SMILES string of the molecule is OC(Cc1ccccc1F)c1ccc2c(c1)CCO2. The summed E-state index contributed by atoms with van der Waals surface area (Å²) in [7, 11) is 0. The molecule has 1 atom stereocenters. The van der Waals surface area contributed by atoms with E-state index in [1.807, 2.05) is 18.2 Å². The predicted molar refractivity (Wildman–Crippen MR) is 70.7 cm³/mol. The molecule has 1 unspecified atom stereocenters. The minimum absolute atomic E-state index is 0.272. The van der Waals surface area contributed by atoms with Crippen molar-refractivity contribution in [1.82, 2.24) is 0 Å². The highest BCUT2D eigenvalue weighted by atomic mass is 19.1. The second-order valence-corrected chi connectivity index (χ2v) is 4.78. The Bertz CT molecular complexity index is 595. The van der Waals surface area contributed by atoms with Crippen LogP contribution in [0.4, 0.5) is 4.39 Å². The summed E-state index contributed by atoms with van der Waals surface area (Å²) in [6.45, 7) is 0.697. The lowest BCUT2D eigenvalue weighted by Crippen LogP contribution is -2.03. The third-order valence-corrected chi connectivity index (χ3v) is 3.47. The van der Waals surface area contributed by atoms with E-state index in [-0.39, 0.29) is 12.2 Å². The van der Waals surface area contributed by atoms with Gasteiger partial charge in [-0.05, 0) is 34.9 Å². The molecule has 3 rings (SSSR count). The number of aliphatic hydroxyl groups is 1. The predicted octanol–water partition coefficient (Wildman–Crippen LogP) is 3.04. The molecule has 1 aliphatic heterocycles. The molecule has 0 radical (unpaired) electrons. The molecule has 0 bridgehead atoms. The van der Waals surface area contributed by atoms with Gasteiger partial charge in [-0.15, -0.1) is 0 Å². The smallest absolute Gasteiger partial charge is 0.126 e. The fourth-order valence-electron chi connectivity index (χ4n) is 2.40. The first-order valence-corrected chi connectivity index (χ1v) is 6.41. The molecule has 1 aliphatic rings. The summed E-state index contributed by atoms with van der Waals surface area (Å²) < 4.78 is 19.0. The Kier molecular flexibility index (Phi) is 3.22. The van der Waals surface area contributed by atoms with E-state index in [0.29, 0.717) is 12.2 Å². The lowest BCUT2D eigenvalue weighted by atomic mass is 9.99. The number of fused-ring (bicyclic) bond motifs is 1. The van der Waals surface area contributed by atoms with Crippen LogP contribution in [0.1, 0.15) is 22.8 Å². The Hall–Kier alpha value is -1.87. The summed E-state index contributed by atoms with van der Waals surface area (Å²) in [5, 5.41) is 10.2. The maximum absolute atomic E-state index is 13.6. The summed E-state index contributed by atoms with van der Waals surface area (Å²) >= 11 is 0. The van der Waals surface area contributed by atoms with E-state index in [4.69, 9.17) is 4.74 Å². The molecule has 0 fully saturated rings. The molecule has 0 saturated carbocycles. The molecule has 19 heavy (non-hydrogen) atoms. The van der Waals surface area contributed by atoms with E-state index in [1.54, 1.807) is 18.2 Å². The topological polar surface area (TPSA) is 29.5 Å². The van der Waals surface area contributed by atoms with Gasteiger partial charge >= 0.3 is 0 Å². The second kappa shape index (κ2) is 5.02. The Balaban J connectivity index is 1.81. The van der Waals surface area contributed by atoms with E-state index in [2.05, 4.69) is 0 Å². The summed E-state index contributed by atoms with van der Waals surface area (Å²) in [5.41, 5.74) is 2.46. The van der Waals surface area contributed by atoms with Crippen molar-refractivity contribution in [2.45, 2.75) is 18.9 Å². The number of aliphatic hydroxyl groups excluding tert-OH is 1. The highest BCUT2D eigenvalue weighted by molar-refractivity contribution is 5.40. The van der Waals surface area contributed by atoms with Gasteiger partial charge in [-0.2, -0.15) is 0 Å². The number of ether oxygens (including phenoxy) is 1. The molecule has 3 heteroatoms. The molecular weight excluding hydrogens is 243 g/mol. The molecule has 0 amide bonds. The van der Waals surface area contributed by atoms with Crippen LogP contribution in [0.25, 0.3) is 0 Å². The van der Waals surface area contributed by atoms with E-state index < -0.39 is 6.10 Å². The van der Waals surface area contributed by atoms with E-state index in [9.17, 15) is 9.50 Å². The summed E-state index contributed by atoms with van der Waals surface area (Å²) in [4.78, 5) is 0. The van der Waals surface area contributed by atoms with Gasteiger partial charge in [0.1, 0.15) is 11.6 Å². The standard InChI is InChI=1S/C16H15FO2/c17-14-4-2-1-3-11(14)10-15(18)12-5-6-16-13(9-12)7-8-19-16/h1-6,9,15,18H,7-8,10H2.